The van der Waals surface area contributed by atoms with Gasteiger partial charge in [0.05, 0.1) is 23.7 Å². The number of ether oxygens (including phenoxy) is 1. The Morgan fingerprint density at radius 3 is 2.56 bits per heavy atom. The summed E-state index contributed by atoms with van der Waals surface area (Å²) >= 11 is 11.8. The van der Waals surface area contributed by atoms with Gasteiger partial charge in [0.15, 0.2) is 0 Å². The first-order chi connectivity index (χ1) is 8.08. The molecule has 1 aromatic carbocycles. The Hall–Kier alpha value is -0.420. The predicted octanol–water partition coefficient (Wildman–Crippen LogP) is 3.32. The fourth-order valence-corrected chi connectivity index (χ4v) is 1.81. The summed E-state index contributed by atoms with van der Waals surface area (Å²) in [5.41, 5.74) is 1.01. The van der Waals surface area contributed by atoms with Gasteiger partial charge in [-0.05, 0) is 24.1 Å². The zero-order valence-corrected chi connectivity index (χ0v) is 12.8. The molecule has 1 rings (SSSR count). The zero-order valence-electron chi connectivity index (χ0n) is 10.3. The van der Waals surface area contributed by atoms with E-state index in [2.05, 4.69) is 10.1 Å². The summed E-state index contributed by atoms with van der Waals surface area (Å²) in [6.07, 6.45) is 0.842. The molecule has 0 aliphatic carbocycles. The number of hydrogen-bond donors (Lipinski definition) is 1. The molecule has 0 bridgehead atoms. The zero-order chi connectivity index (χ0) is 12.8. The van der Waals surface area contributed by atoms with Crippen LogP contribution in [0.25, 0.3) is 0 Å². The maximum Gasteiger partial charge on any atom is 0.319 e. The van der Waals surface area contributed by atoms with E-state index in [1.54, 1.807) is 6.07 Å². The van der Waals surface area contributed by atoms with E-state index in [0.717, 1.165) is 12.0 Å². The van der Waals surface area contributed by atoms with E-state index in [4.69, 9.17) is 23.2 Å². The molecule has 0 saturated heterocycles. The van der Waals surface area contributed by atoms with Crippen LogP contribution >= 0.6 is 36.7 Å². The molecular formula is C12H17Cl2NO2S. The minimum atomic E-state index is -0.288. The molecule has 0 amide bonds. The van der Waals surface area contributed by atoms with Gasteiger partial charge in [-0.2, -0.15) is 13.5 Å². The number of halogens is 2. The second-order valence-corrected chi connectivity index (χ2v) is 4.41. The van der Waals surface area contributed by atoms with Gasteiger partial charge in [0.1, 0.15) is 0 Å². The monoisotopic (exact) mass is 309 g/mol. The molecule has 6 heteroatoms. The van der Waals surface area contributed by atoms with E-state index >= 15 is 0 Å². The normalized spacial score (nSPS) is 11.6. The summed E-state index contributed by atoms with van der Waals surface area (Å²) in [4.78, 5) is 11.1. The van der Waals surface area contributed by atoms with Crippen molar-refractivity contribution in [1.29, 1.82) is 0 Å². The highest BCUT2D eigenvalue weighted by Gasteiger charge is 2.12. The first-order valence-electron chi connectivity index (χ1n) is 5.33. The molecule has 1 N–H and O–H groups in total. The largest absolute Gasteiger partial charge is 0.468 e. The van der Waals surface area contributed by atoms with Crippen LogP contribution in [0.15, 0.2) is 18.2 Å². The summed E-state index contributed by atoms with van der Waals surface area (Å²) in [6, 6.07) is 5.51. The van der Waals surface area contributed by atoms with Crippen LogP contribution in [0.2, 0.25) is 10.0 Å². The third-order valence-corrected chi connectivity index (χ3v) is 3.21. The fraction of sp³-hybridized carbons (Fsp3) is 0.417. The van der Waals surface area contributed by atoms with Gasteiger partial charge in [-0.3, -0.25) is 4.79 Å². The van der Waals surface area contributed by atoms with Crippen molar-refractivity contribution < 1.29 is 9.53 Å². The van der Waals surface area contributed by atoms with E-state index in [0.29, 0.717) is 10.0 Å². The van der Waals surface area contributed by atoms with E-state index in [1.165, 1.54) is 7.11 Å². The summed E-state index contributed by atoms with van der Waals surface area (Å²) in [6.45, 7) is 2.20. The molecular weight excluding hydrogens is 293 g/mol. The third-order valence-electron chi connectivity index (χ3n) is 2.47. The lowest BCUT2D eigenvalue weighted by atomic mass is 10.0. The Balaban J connectivity index is 0.00000289. The van der Waals surface area contributed by atoms with Gasteiger partial charge < -0.3 is 10.1 Å². The third kappa shape index (κ3) is 5.06. The van der Waals surface area contributed by atoms with Gasteiger partial charge >= 0.3 is 5.97 Å². The lowest BCUT2D eigenvalue weighted by Gasteiger charge is -2.17. The van der Waals surface area contributed by atoms with Crippen molar-refractivity contribution in [2.75, 3.05) is 13.7 Å². The van der Waals surface area contributed by atoms with Crippen LogP contribution < -0.4 is 5.32 Å². The van der Waals surface area contributed by atoms with Crippen LogP contribution in [0.4, 0.5) is 0 Å². The van der Waals surface area contributed by atoms with Crippen molar-refractivity contribution in [1.82, 2.24) is 5.32 Å². The molecule has 3 nitrogen and oxygen atoms in total. The average molecular weight is 310 g/mol. The molecule has 102 valence electrons. The van der Waals surface area contributed by atoms with Gasteiger partial charge in [-0.15, -0.1) is 0 Å². The van der Waals surface area contributed by atoms with Crippen molar-refractivity contribution in [3.8, 4) is 0 Å². The summed E-state index contributed by atoms with van der Waals surface area (Å²) in [7, 11) is 1.37. The highest BCUT2D eigenvalue weighted by atomic mass is 35.5. The molecule has 0 radical (unpaired) electrons. The Labute approximate surface area is 124 Å². The van der Waals surface area contributed by atoms with Gasteiger partial charge in [0, 0.05) is 6.04 Å². The molecule has 0 spiro atoms. The minimum absolute atomic E-state index is 0. The second kappa shape index (κ2) is 8.64. The maximum absolute atomic E-state index is 11.1. The Morgan fingerprint density at radius 1 is 1.39 bits per heavy atom. The summed E-state index contributed by atoms with van der Waals surface area (Å²) in [5, 5.41) is 4.15. The number of hydrogen-bond acceptors (Lipinski definition) is 3. The standard InChI is InChI=1S/C12H15Cl2NO2.H2S/c1-3-11(15-7-12(16)17-2)8-4-5-9(13)10(14)6-8;/h4-6,11,15H,3,7H2,1-2H3;1H2/t11-;/m0./s1. The number of carbonyl (C=O) groups is 1. The molecule has 0 aromatic heterocycles. The second-order valence-electron chi connectivity index (χ2n) is 3.59. The predicted molar refractivity (Wildman–Crippen MR) is 79.9 cm³/mol. The SMILES string of the molecule is CC[C@H](NCC(=O)OC)c1ccc(Cl)c(Cl)c1.S. The molecule has 0 aliphatic rings. The summed E-state index contributed by atoms with van der Waals surface area (Å²) < 4.78 is 4.58. The van der Waals surface area contributed by atoms with Crippen LogP contribution in [-0.4, -0.2) is 19.6 Å². The van der Waals surface area contributed by atoms with Crippen LogP contribution in [-0.2, 0) is 9.53 Å². The van der Waals surface area contributed by atoms with Crippen LogP contribution in [0.3, 0.4) is 0 Å². The Kier molecular flexibility index (Phi) is 8.44. The molecule has 1 aromatic rings. The Bertz CT molecular complexity index is 402. The van der Waals surface area contributed by atoms with E-state index in [1.807, 2.05) is 19.1 Å². The molecule has 18 heavy (non-hydrogen) atoms. The molecule has 1 atom stereocenters. The van der Waals surface area contributed by atoms with E-state index < -0.39 is 0 Å². The average Bonchev–Trinajstić information content (AvgIpc) is 2.33. The van der Waals surface area contributed by atoms with Crippen molar-refractivity contribution in [2.24, 2.45) is 0 Å². The molecule has 0 aliphatic heterocycles. The fourth-order valence-electron chi connectivity index (χ4n) is 1.51. The Morgan fingerprint density at radius 2 is 2.06 bits per heavy atom. The number of nitrogens with one attached hydrogen (secondary N) is 1. The van der Waals surface area contributed by atoms with E-state index in [9.17, 15) is 4.79 Å². The number of carbonyl (C=O) groups excluding carboxylic acids is 1. The lowest BCUT2D eigenvalue weighted by Crippen LogP contribution is -2.28. The van der Waals surface area contributed by atoms with E-state index in [-0.39, 0.29) is 32.1 Å². The quantitative estimate of drug-likeness (QED) is 0.848. The molecule has 0 unspecified atom stereocenters. The van der Waals surface area contributed by atoms with Gasteiger partial charge in [-0.25, -0.2) is 0 Å². The van der Waals surface area contributed by atoms with Crippen molar-refractivity contribution >= 4 is 42.7 Å². The lowest BCUT2D eigenvalue weighted by molar-refractivity contribution is -0.139. The minimum Gasteiger partial charge on any atom is -0.468 e. The number of rotatable bonds is 5. The van der Waals surface area contributed by atoms with Gasteiger partial charge in [0.2, 0.25) is 0 Å². The smallest absolute Gasteiger partial charge is 0.319 e. The molecule has 0 fully saturated rings. The van der Waals surface area contributed by atoms with Crippen LogP contribution in [0, 0.1) is 0 Å². The molecule has 0 saturated carbocycles. The van der Waals surface area contributed by atoms with Crippen molar-refractivity contribution in [3.05, 3.63) is 33.8 Å². The van der Waals surface area contributed by atoms with Gasteiger partial charge in [0.25, 0.3) is 0 Å². The molecule has 0 heterocycles. The number of benzene rings is 1. The first kappa shape index (κ1) is 17.6. The van der Waals surface area contributed by atoms with Crippen LogP contribution in [0.1, 0.15) is 24.9 Å². The summed E-state index contributed by atoms with van der Waals surface area (Å²) in [5.74, 6) is -0.288. The number of esters is 1. The van der Waals surface area contributed by atoms with Crippen LogP contribution in [0.5, 0.6) is 0 Å². The van der Waals surface area contributed by atoms with Crippen molar-refractivity contribution in [2.45, 2.75) is 19.4 Å². The topological polar surface area (TPSA) is 38.3 Å². The highest BCUT2D eigenvalue weighted by Crippen LogP contribution is 2.26. The van der Waals surface area contributed by atoms with Crippen molar-refractivity contribution in [3.63, 3.8) is 0 Å². The maximum atomic E-state index is 11.1. The van der Waals surface area contributed by atoms with Gasteiger partial charge in [-0.1, -0.05) is 36.2 Å². The highest BCUT2D eigenvalue weighted by molar-refractivity contribution is 7.59. The first-order valence-corrected chi connectivity index (χ1v) is 6.09. The number of methoxy groups -OCH3 is 1.